The molecule has 5 rings (SSSR count). The lowest BCUT2D eigenvalue weighted by Gasteiger charge is -2.30. The highest BCUT2D eigenvalue weighted by molar-refractivity contribution is 7.80. The van der Waals surface area contributed by atoms with Crippen molar-refractivity contribution >= 4 is 23.0 Å². The number of nitrogens with zero attached hydrogens (tertiary/aromatic N) is 3. The first-order valence-corrected chi connectivity index (χ1v) is 11.5. The third-order valence-corrected chi connectivity index (χ3v) is 6.52. The van der Waals surface area contributed by atoms with Crippen LogP contribution in [0.25, 0.3) is 5.69 Å². The third kappa shape index (κ3) is 3.78. The Morgan fingerprint density at radius 3 is 2.47 bits per heavy atom. The maximum absolute atomic E-state index is 5.90. The molecular weight excluding hydrogens is 444 g/mol. The number of rotatable bonds is 6. The van der Waals surface area contributed by atoms with Gasteiger partial charge in [-0.1, -0.05) is 24.3 Å². The molecule has 7 heteroatoms. The van der Waals surface area contributed by atoms with Crippen molar-refractivity contribution in [3.05, 3.63) is 102 Å². The Hall–Kier alpha value is -3.84. The summed E-state index contributed by atoms with van der Waals surface area (Å²) in [5, 5.41) is 4.14. The first-order chi connectivity index (χ1) is 16.6. The first kappa shape index (κ1) is 22.0. The predicted molar refractivity (Wildman–Crippen MR) is 138 cm³/mol. The predicted octanol–water partition coefficient (Wildman–Crippen LogP) is 5.38. The minimum Gasteiger partial charge on any atom is -0.497 e. The summed E-state index contributed by atoms with van der Waals surface area (Å²) in [7, 11) is 3.30. The summed E-state index contributed by atoms with van der Waals surface area (Å²) in [6.07, 6.45) is 3.91. The molecule has 0 bridgehead atoms. The highest BCUT2D eigenvalue weighted by atomic mass is 32.1. The van der Waals surface area contributed by atoms with E-state index in [1.54, 1.807) is 14.2 Å². The molecule has 0 saturated carbocycles. The molecule has 34 heavy (non-hydrogen) atoms. The molecule has 0 spiro atoms. The SMILES string of the molecule is COc1ccc(N2C(=S)N[C@@H](c3ccccn3)[C@@H]2c2cccn2-c2ccccc2C)c(OC)c1. The zero-order chi connectivity index (χ0) is 23.7. The van der Waals surface area contributed by atoms with Crippen LogP contribution in [0, 0.1) is 6.92 Å². The van der Waals surface area contributed by atoms with Crippen molar-refractivity contribution in [1.29, 1.82) is 0 Å². The zero-order valence-electron chi connectivity index (χ0n) is 19.3. The van der Waals surface area contributed by atoms with Gasteiger partial charge in [-0.25, -0.2) is 0 Å². The fourth-order valence-corrected chi connectivity index (χ4v) is 4.93. The van der Waals surface area contributed by atoms with E-state index in [4.69, 9.17) is 21.7 Å². The molecule has 1 aliphatic heterocycles. The monoisotopic (exact) mass is 470 g/mol. The van der Waals surface area contributed by atoms with Gasteiger partial charge < -0.3 is 24.3 Å². The van der Waals surface area contributed by atoms with E-state index in [0.717, 1.165) is 28.5 Å². The van der Waals surface area contributed by atoms with E-state index in [-0.39, 0.29) is 12.1 Å². The number of hydrogen-bond donors (Lipinski definition) is 1. The van der Waals surface area contributed by atoms with Crippen LogP contribution in [-0.2, 0) is 0 Å². The number of hydrogen-bond acceptors (Lipinski definition) is 4. The average molecular weight is 471 g/mol. The summed E-state index contributed by atoms with van der Waals surface area (Å²) < 4.78 is 13.4. The second-order valence-electron chi connectivity index (χ2n) is 8.12. The number of para-hydroxylation sites is 1. The van der Waals surface area contributed by atoms with Crippen LogP contribution in [0.4, 0.5) is 5.69 Å². The number of benzene rings is 2. The van der Waals surface area contributed by atoms with Gasteiger partial charge in [0.15, 0.2) is 5.11 Å². The van der Waals surface area contributed by atoms with Gasteiger partial charge in [-0.2, -0.15) is 0 Å². The Labute approximate surface area is 204 Å². The largest absolute Gasteiger partial charge is 0.497 e. The van der Waals surface area contributed by atoms with Crippen LogP contribution in [-0.4, -0.2) is 28.9 Å². The highest BCUT2D eigenvalue weighted by Crippen LogP contribution is 2.45. The summed E-state index contributed by atoms with van der Waals surface area (Å²) in [4.78, 5) is 6.79. The van der Waals surface area contributed by atoms with Crippen LogP contribution in [0.3, 0.4) is 0 Å². The number of ether oxygens (including phenoxy) is 2. The van der Waals surface area contributed by atoms with Crippen LogP contribution < -0.4 is 19.7 Å². The molecule has 172 valence electrons. The molecule has 0 unspecified atom stereocenters. The number of aromatic nitrogens is 2. The van der Waals surface area contributed by atoms with Crippen molar-refractivity contribution in [3.63, 3.8) is 0 Å². The highest BCUT2D eigenvalue weighted by Gasteiger charge is 2.43. The first-order valence-electron chi connectivity index (χ1n) is 11.1. The summed E-state index contributed by atoms with van der Waals surface area (Å²) in [6, 6.07) is 24.0. The third-order valence-electron chi connectivity index (χ3n) is 6.20. The molecule has 3 heterocycles. The lowest BCUT2D eigenvalue weighted by Crippen LogP contribution is -2.30. The minimum absolute atomic E-state index is 0.154. The number of nitrogens with one attached hydrogen (secondary N) is 1. The van der Waals surface area contributed by atoms with E-state index >= 15 is 0 Å². The van der Waals surface area contributed by atoms with Crippen LogP contribution in [0.15, 0.2) is 85.2 Å². The molecular formula is C27H26N4O2S. The van der Waals surface area contributed by atoms with Crippen LogP contribution >= 0.6 is 12.2 Å². The fourth-order valence-electron chi connectivity index (χ4n) is 4.59. The Balaban J connectivity index is 1.70. The van der Waals surface area contributed by atoms with Crippen LogP contribution in [0.5, 0.6) is 11.5 Å². The van der Waals surface area contributed by atoms with E-state index in [1.165, 1.54) is 5.56 Å². The van der Waals surface area contributed by atoms with E-state index < -0.39 is 0 Å². The second kappa shape index (κ2) is 9.19. The van der Waals surface area contributed by atoms with Crippen molar-refractivity contribution in [1.82, 2.24) is 14.9 Å². The van der Waals surface area contributed by atoms with Crippen molar-refractivity contribution in [2.75, 3.05) is 19.1 Å². The van der Waals surface area contributed by atoms with Gasteiger partial charge in [0.05, 0.1) is 31.6 Å². The summed E-state index contributed by atoms with van der Waals surface area (Å²) in [5.74, 6) is 1.41. The molecule has 0 amide bonds. The Morgan fingerprint density at radius 2 is 1.74 bits per heavy atom. The van der Waals surface area contributed by atoms with Gasteiger partial charge in [-0.3, -0.25) is 4.98 Å². The lowest BCUT2D eigenvalue weighted by molar-refractivity contribution is 0.394. The van der Waals surface area contributed by atoms with Crippen molar-refractivity contribution in [2.45, 2.75) is 19.0 Å². The standard InChI is InChI=1S/C27H26N4O2S/c1-18-9-4-5-11-21(18)30-16-8-12-23(30)26-25(20-10-6-7-15-28-20)29-27(34)31(26)22-14-13-19(32-2)17-24(22)33-3/h4-17,25-26H,1-3H3,(H,29,34)/t25-,26-/m0/s1. The minimum atomic E-state index is -0.167. The molecule has 4 aromatic rings. The van der Waals surface area contributed by atoms with Gasteiger partial charge in [-0.15, -0.1) is 0 Å². The number of methoxy groups -OCH3 is 2. The number of aryl methyl sites for hydroxylation is 1. The molecule has 6 nitrogen and oxygen atoms in total. The molecule has 1 aliphatic rings. The second-order valence-corrected chi connectivity index (χ2v) is 8.51. The van der Waals surface area contributed by atoms with Gasteiger partial charge in [0.2, 0.25) is 0 Å². The number of thiocarbonyl (C=S) groups is 1. The molecule has 1 saturated heterocycles. The maximum atomic E-state index is 5.90. The Bertz CT molecular complexity index is 1320. The van der Waals surface area contributed by atoms with Gasteiger partial charge in [0, 0.05) is 29.8 Å². The molecule has 2 atom stereocenters. The average Bonchev–Trinajstić information content (AvgIpc) is 3.48. The Kier molecular flexibility index (Phi) is 5.94. The molecule has 0 radical (unpaired) electrons. The molecule has 0 aliphatic carbocycles. The van der Waals surface area contributed by atoms with Gasteiger partial charge in [0.25, 0.3) is 0 Å². The quantitative estimate of drug-likeness (QED) is 0.382. The van der Waals surface area contributed by atoms with Crippen LogP contribution in [0.2, 0.25) is 0 Å². The summed E-state index contributed by atoms with van der Waals surface area (Å²) >= 11 is 5.90. The van der Waals surface area contributed by atoms with Gasteiger partial charge in [0.1, 0.15) is 17.5 Å². The molecule has 2 aromatic carbocycles. The number of anilines is 1. The summed E-state index contributed by atoms with van der Waals surface area (Å²) in [6.45, 7) is 2.12. The maximum Gasteiger partial charge on any atom is 0.174 e. The van der Waals surface area contributed by atoms with E-state index in [9.17, 15) is 0 Å². The van der Waals surface area contributed by atoms with E-state index in [2.05, 4.69) is 69.3 Å². The zero-order valence-corrected chi connectivity index (χ0v) is 20.1. The van der Waals surface area contributed by atoms with Crippen molar-refractivity contribution < 1.29 is 9.47 Å². The summed E-state index contributed by atoms with van der Waals surface area (Å²) in [5.41, 5.74) is 5.19. The van der Waals surface area contributed by atoms with E-state index in [1.807, 2.05) is 42.6 Å². The van der Waals surface area contributed by atoms with Gasteiger partial charge >= 0.3 is 0 Å². The number of pyridine rings is 1. The van der Waals surface area contributed by atoms with Crippen molar-refractivity contribution in [2.24, 2.45) is 0 Å². The molecule has 2 aromatic heterocycles. The topological polar surface area (TPSA) is 51.5 Å². The molecule has 1 N–H and O–H groups in total. The van der Waals surface area contributed by atoms with Crippen molar-refractivity contribution in [3.8, 4) is 17.2 Å². The smallest absolute Gasteiger partial charge is 0.174 e. The normalized spacial score (nSPS) is 17.5. The van der Waals surface area contributed by atoms with E-state index in [0.29, 0.717) is 10.9 Å². The van der Waals surface area contributed by atoms with Crippen LogP contribution in [0.1, 0.15) is 29.0 Å². The Morgan fingerprint density at radius 1 is 0.912 bits per heavy atom. The lowest BCUT2D eigenvalue weighted by atomic mass is 10.00. The molecule has 1 fully saturated rings. The van der Waals surface area contributed by atoms with Gasteiger partial charge in [-0.05, 0) is 67.2 Å². The fraction of sp³-hybridized carbons (Fsp3) is 0.185.